The Morgan fingerprint density at radius 1 is 0.594 bits per heavy atom. The van der Waals surface area contributed by atoms with Gasteiger partial charge in [-0.05, 0) is 171 Å². The van der Waals surface area contributed by atoms with Gasteiger partial charge in [0, 0.05) is 135 Å². The van der Waals surface area contributed by atoms with E-state index in [1.165, 1.54) is 24.6 Å². The molecule has 96 heavy (non-hydrogen) atoms. The monoisotopic (exact) mass is 1340 g/mol. The third kappa shape index (κ3) is 10.8. The van der Waals surface area contributed by atoms with Gasteiger partial charge >= 0.3 is 10.2 Å². The lowest BCUT2D eigenvalue weighted by atomic mass is 9.81. The maximum absolute atomic E-state index is 15.6. The summed E-state index contributed by atoms with van der Waals surface area (Å²) in [7, 11) is -5.19. The van der Waals surface area contributed by atoms with Crippen LogP contribution in [0.3, 0.4) is 0 Å². The molecule has 0 spiro atoms. The van der Waals surface area contributed by atoms with Crippen molar-refractivity contribution in [1.82, 2.24) is 42.5 Å². The average molecular weight is 1340 g/mol. The summed E-state index contributed by atoms with van der Waals surface area (Å²) < 4.78 is 76.0. The van der Waals surface area contributed by atoms with Gasteiger partial charge in [-0.1, -0.05) is 57.1 Å². The van der Waals surface area contributed by atoms with Crippen molar-refractivity contribution in [1.29, 1.82) is 0 Å². The number of carbonyl (C=O) groups is 5. The maximum atomic E-state index is 15.6. The minimum atomic E-state index is -4.43. The first-order valence-electron chi connectivity index (χ1n) is 35.4. The lowest BCUT2D eigenvalue weighted by Gasteiger charge is -2.45. The molecular weight excluding hydrogens is 1250 g/mol. The molecule has 22 heteroatoms. The van der Waals surface area contributed by atoms with Crippen LogP contribution in [-0.2, 0) is 47.7 Å². The highest BCUT2D eigenvalue weighted by Gasteiger charge is 2.66. The van der Waals surface area contributed by atoms with Crippen LogP contribution < -0.4 is 18.9 Å². The number of fused-ring (bicyclic) bond motifs is 16. The fraction of sp³-hybridized carbons (Fsp3) is 0.554. The molecular formula is C74H89N9O11S2. The minimum absolute atomic E-state index is 0.0299. The number of aromatic nitrogens is 2. The zero-order valence-corrected chi connectivity index (χ0v) is 57.3. The number of nitrogens with one attached hydrogen (secondary N) is 2. The molecule has 8 heterocycles. The lowest BCUT2D eigenvalue weighted by molar-refractivity contribution is -0.142. The number of rotatable bonds is 14. The van der Waals surface area contributed by atoms with Gasteiger partial charge in [-0.25, -0.2) is 17.9 Å². The number of carbonyl (C=O) groups excluding carboxylic acids is 5. The van der Waals surface area contributed by atoms with Crippen molar-refractivity contribution >= 4 is 71.6 Å². The number of sulfonamides is 1. The summed E-state index contributed by atoms with van der Waals surface area (Å²) in [5.41, 5.74) is 8.92. The van der Waals surface area contributed by atoms with Crippen LogP contribution in [0.4, 0.5) is 0 Å². The van der Waals surface area contributed by atoms with Gasteiger partial charge in [-0.3, -0.25) is 28.9 Å². The van der Waals surface area contributed by atoms with E-state index in [0.717, 1.165) is 175 Å². The number of likely N-dealkylation sites (N-methyl/N-ethyl adjacent to an activating group) is 1. The van der Waals surface area contributed by atoms with Gasteiger partial charge in [0.05, 0.1) is 41.6 Å². The Hall–Kier alpha value is -7.27. The van der Waals surface area contributed by atoms with E-state index in [1.807, 2.05) is 41.3 Å². The summed E-state index contributed by atoms with van der Waals surface area (Å²) in [6.07, 6.45) is 18.1. The normalized spacial score (nSPS) is 26.4. The highest BCUT2D eigenvalue weighted by Crippen LogP contribution is 2.68. The fourth-order valence-corrected chi connectivity index (χ4v) is 20.6. The van der Waals surface area contributed by atoms with Crippen LogP contribution in [0.25, 0.3) is 44.3 Å². The summed E-state index contributed by atoms with van der Waals surface area (Å²) in [6, 6.07) is 23.5. The Bertz CT molecular complexity index is 4460. The van der Waals surface area contributed by atoms with Gasteiger partial charge in [-0.15, -0.1) is 0 Å². The van der Waals surface area contributed by atoms with Crippen LogP contribution in [0.2, 0.25) is 0 Å². The van der Waals surface area contributed by atoms with E-state index in [0.29, 0.717) is 70.4 Å². The van der Waals surface area contributed by atoms with Crippen molar-refractivity contribution in [2.45, 2.75) is 165 Å². The second-order valence-electron chi connectivity index (χ2n) is 30.0. The minimum Gasteiger partial charge on any atom is -0.497 e. The third-order valence-electron chi connectivity index (χ3n) is 24.4. The number of hydrogen-bond donors (Lipinski definition) is 2. The van der Waals surface area contributed by atoms with Crippen molar-refractivity contribution in [2.24, 2.45) is 16.7 Å². The molecule has 16 rings (SSSR count). The van der Waals surface area contributed by atoms with E-state index in [-0.39, 0.29) is 77.6 Å². The van der Waals surface area contributed by atoms with Gasteiger partial charge in [0.2, 0.25) is 27.7 Å². The predicted molar refractivity (Wildman–Crippen MR) is 366 cm³/mol. The standard InChI is InChI=1S/C74H89N9O11S2/c1-45(84)80-40-50-18-13-29-81(64(50)42-80)72(88)74-39-61(74)58-36-52(93-3)22-26-54(58)67-65(46-14-7-5-8-15-46)57-25-21-49(35-63(57)83(67)44-74)70(86)76-96(91,92)77(2)32-33-94-53-23-27-55-59(37-53)60-38-73(60,71(87)79-31-30-78-28-12-11-19-51(78)41-79)43-82-62-34-48(69(85)75-95(4,89)90)20-24-56(62)66(68(55)82)47-16-9-6-10-17-47/h20-27,34-37,46-47,50-51,60-61,64H,5-19,28-33,38-44H2,1-4H3,(H,75,85)(H,76,86)/t50-,51?,60?,61?,64+,73?,74?/m0/s1. The number of amides is 5. The van der Waals surface area contributed by atoms with Crippen molar-refractivity contribution < 1.29 is 50.3 Å². The molecule has 0 bridgehead atoms. The second kappa shape index (κ2) is 24.0. The van der Waals surface area contributed by atoms with Crippen LogP contribution >= 0.6 is 0 Å². The molecule has 2 aromatic heterocycles. The van der Waals surface area contributed by atoms with Crippen molar-refractivity contribution in [2.75, 3.05) is 79.4 Å². The van der Waals surface area contributed by atoms with Crippen LogP contribution in [0.15, 0.2) is 72.8 Å². The molecule has 20 nitrogen and oxygen atoms in total. The van der Waals surface area contributed by atoms with Crippen molar-refractivity contribution in [3.05, 3.63) is 106 Å². The maximum Gasteiger partial charge on any atom is 0.303 e. The first-order valence-corrected chi connectivity index (χ1v) is 38.7. The van der Waals surface area contributed by atoms with E-state index in [4.69, 9.17) is 9.47 Å². The SMILES string of the molecule is COc1ccc2c(c1)C1CC1(C(=O)N1CCC[C@H]3CN(C(C)=O)C[C@H]31)Cn1c-2c(C2CCCCC2)c2ccc(C(=O)NS(=O)(=O)N(C)CCOc3ccc4c(c3)C3CC3(C(=O)N3CCN5CCCCC5C3)Cn3c-4c(C4CCCCC4)c4ccc(C(=O)NS(C)(=O)=O)cc43)cc21. The highest BCUT2D eigenvalue weighted by molar-refractivity contribution is 7.89. The largest absolute Gasteiger partial charge is 0.497 e. The Balaban J connectivity index is 0.688. The number of benzene rings is 4. The third-order valence-corrected chi connectivity index (χ3v) is 26.4. The highest BCUT2D eigenvalue weighted by atomic mass is 32.2. The number of piperidine rings is 2. The molecule has 10 aliphatic rings. The van der Waals surface area contributed by atoms with Crippen molar-refractivity contribution in [3.8, 4) is 34.0 Å². The zero-order valence-electron chi connectivity index (χ0n) is 55.7. The Morgan fingerprint density at radius 3 is 1.76 bits per heavy atom. The van der Waals surface area contributed by atoms with E-state index in [1.54, 1.807) is 32.2 Å². The van der Waals surface area contributed by atoms with Gasteiger partial charge in [0.25, 0.3) is 11.8 Å². The Labute approximate surface area is 562 Å². The summed E-state index contributed by atoms with van der Waals surface area (Å²) in [6.45, 7) is 7.25. The summed E-state index contributed by atoms with van der Waals surface area (Å²) in [5, 5.41) is 1.98. The predicted octanol–water partition coefficient (Wildman–Crippen LogP) is 9.85. The fourth-order valence-electron chi connectivity index (χ4n) is 19.3. The molecule has 4 aromatic carbocycles. The molecule has 4 saturated heterocycles. The summed E-state index contributed by atoms with van der Waals surface area (Å²) in [4.78, 5) is 80.7. The molecule has 6 aromatic rings. The molecule has 5 unspecified atom stereocenters. The van der Waals surface area contributed by atoms with Crippen LogP contribution in [0.1, 0.15) is 183 Å². The first kappa shape index (κ1) is 63.5. The lowest BCUT2D eigenvalue weighted by Crippen LogP contribution is -2.57. The van der Waals surface area contributed by atoms with Crippen molar-refractivity contribution in [3.63, 3.8) is 0 Å². The van der Waals surface area contributed by atoms with Gasteiger partial charge in [0.15, 0.2) is 0 Å². The molecule has 7 atom stereocenters. The molecule has 508 valence electrons. The van der Waals surface area contributed by atoms with Crippen LogP contribution in [-0.4, -0.2) is 171 Å². The topological polar surface area (TPSA) is 222 Å². The molecule has 4 aliphatic carbocycles. The summed E-state index contributed by atoms with van der Waals surface area (Å²) in [5.74, 6) is 0.445. The van der Waals surface area contributed by atoms with Gasteiger partial charge in [-0.2, -0.15) is 12.7 Å². The Morgan fingerprint density at radius 2 is 1.17 bits per heavy atom. The smallest absolute Gasteiger partial charge is 0.303 e. The average Bonchev–Trinajstić information content (AvgIpc) is 1.53. The number of hydrogen-bond acceptors (Lipinski definition) is 12. The second-order valence-corrected chi connectivity index (χ2v) is 33.5. The molecule has 4 saturated carbocycles. The molecule has 2 N–H and O–H groups in total. The van der Waals surface area contributed by atoms with Crippen LogP contribution in [0, 0.1) is 16.7 Å². The first-order chi connectivity index (χ1) is 46.2. The summed E-state index contributed by atoms with van der Waals surface area (Å²) >= 11 is 0. The van der Waals surface area contributed by atoms with E-state index >= 15 is 9.59 Å². The number of methoxy groups -OCH3 is 1. The number of piperazine rings is 1. The van der Waals surface area contributed by atoms with Gasteiger partial charge in [0.1, 0.15) is 18.1 Å². The number of likely N-dealkylation sites (tertiary alicyclic amines) is 2. The Kier molecular flexibility index (Phi) is 15.9. The molecule has 0 radical (unpaired) electrons. The van der Waals surface area contributed by atoms with E-state index in [2.05, 4.69) is 51.5 Å². The van der Waals surface area contributed by atoms with Crippen LogP contribution in [0.5, 0.6) is 11.5 Å². The molecule has 5 amide bonds. The molecule has 6 aliphatic heterocycles. The zero-order chi connectivity index (χ0) is 66.3. The van der Waals surface area contributed by atoms with E-state index < -0.39 is 42.9 Å². The number of nitrogens with zero attached hydrogens (tertiary/aromatic N) is 7. The van der Waals surface area contributed by atoms with E-state index in [9.17, 15) is 31.2 Å². The quantitative estimate of drug-likeness (QED) is 0.104. The molecule has 8 fully saturated rings. The number of ether oxygens (including phenoxy) is 2. The van der Waals surface area contributed by atoms with Gasteiger partial charge < -0.3 is 33.3 Å².